The molecule has 2 rings (SSSR count). The fourth-order valence-electron chi connectivity index (χ4n) is 3.07. The van der Waals surface area contributed by atoms with Crippen LogP contribution in [0.2, 0.25) is 0 Å². The smallest absolute Gasteiger partial charge is 0.317 e. The van der Waals surface area contributed by atoms with E-state index in [-0.39, 0.29) is 24.7 Å². The fraction of sp³-hybridized carbons (Fsp3) is 0.857. The molecule has 2 N–H and O–H groups in total. The van der Waals surface area contributed by atoms with Gasteiger partial charge < -0.3 is 20.1 Å². The molecular weight excluding hydrogens is 260 g/mol. The van der Waals surface area contributed by atoms with Crippen LogP contribution in [0, 0.1) is 5.92 Å². The zero-order chi connectivity index (χ0) is 14.5. The fourth-order valence-corrected chi connectivity index (χ4v) is 3.07. The van der Waals surface area contributed by atoms with Gasteiger partial charge in [-0.3, -0.25) is 4.79 Å². The Morgan fingerprint density at radius 3 is 2.60 bits per heavy atom. The third kappa shape index (κ3) is 3.42. The summed E-state index contributed by atoms with van der Waals surface area (Å²) in [6.07, 6.45) is 5.16. The molecule has 2 amide bonds. The molecule has 0 aromatic carbocycles. The lowest BCUT2D eigenvalue weighted by atomic mass is 10.0. The molecule has 1 saturated heterocycles. The lowest BCUT2D eigenvalue weighted by Crippen LogP contribution is -2.52. The maximum atomic E-state index is 12.4. The molecule has 6 nitrogen and oxygen atoms in total. The predicted octanol–water partition coefficient (Wildman–Crippen LogP) is 1.45. The number of nitrogens with one attached hydrogen (secondary N) is 1. The third-order valence-corrected chi connectivity index (χ3v) is 4.18. The Kier molecular flexibility index (Phi) is 5.23. The van der Waals surface area contributed by atoms with Gasteiger partial charge in [-0.1, -0.05) is 19.8 Å². The predicted molar refractivity (Wildman–Crippen MR) is 73.5 cm³/mol. The highest BCUT2D eigenvalue weighted by atomic mass is 16.5. The average molecular weight is 284 g/mol. The number of rotatable bonds is 5. The van der Waals surface area contributed by atoms with Crippen LogP contribution in [0.4, 0.5) is 4.79 Å². The number of nitrogens with zero attached hydrogens (tertiary/aromatic N) is 1. The third-order valence-electron chi connectivity index (χ3n) is 4.18. The summed E-state index contributed by atoms with van der Waals surface area (Å²) < 4.78 is 5.28. The van der Waals surface area contributed by atoms with Crippen molar-refractivity contribution in [2.24, 2.45) is 5.92 Å². The zero-order valence-corrected chi connectivity index (χ0v) is 12.0. The Morgan fingerprint density at radius 1 is 1.30 bits per heavy atom. The maximum absolute atomic E-state index is 12.4. The Balaban J connectivity index is 2.01. The number of ether oxygens (including phenoxy) is 1. The molecule has 1 heterocycles. The average Bonchev–Trinajstić information content (AvgIpc) is 3.06. The van der Waals surface area contributed by atoms with Gasteiger partial charge >= 0.3 is 12.0 Å². The molecule has 2 atom stereocenters. The summed E-state index contributed by atoms with van der Waals surface area (Å²) in [5.41, 5.74) is 0. The SMILES string of the molecule is CCCN(C(=O)NC1CCCC1)C1COCC1C(=O)O. The Bertz CT molecular complexity index is 355. The van der Waals surface area contributed by atoms with Crippen LogP contribution < -0.4 is 5.32 Å². The summed E-state index contributed by atoms with van der Waals surface area (Å²) in [6.45, 7) is 3.06. The van der Waals surface area contributed by atoms with Crippen molar-refractivity contribution in [1.82, 2.24) is 10.2 Å². The van der Waals surface area contributed by atoms with Crippen molar-refractivity contribution >= 4 is 12.0 Å². The first-order valence-corrected chi connectivity index (χ1v) is 7.51. The van der Waals surface area contributed by atoms with Crippen molar-refractivity contribution in [2.75, 3.05) is 19.8 Å². The van der Waals surface area contributed by atoms with Crippen molar-refractivity contribution in [3.63, 3.8) is 0 Å². The highest BCUT2D eigenvalue weighted by Crippen LogP contribution is 2.22. The highest BCUT2D eigenvalue weighted by molar-refractivity contribution is 5.77. The molecule has 1 saturated carbocycles. The van der Waals surface area contributed by atoms with Gasteiger partial charge in [0.15, 0.2) is 0 Å². The summed E-state index contributed by atoms with van der Waals surface area (Å²) in [7, 11) is 0. The van der Waals surface area contributed by atoms with Gasteiger partial charge in [0.05, 0.1) is 19.3 Å². The van der Waals surface area contributed by atoms with E-state index in [1.165, 1.54) is 0 Å². The molecule has 1 aliphatic heterocycles. The van der Waals surface area contributed by atoms with E-state index in [4.69, 9.17) is 4.74 Å². The number of carboxylic acid groups (broad SMARTS) is 1. The Hall–Kier alpha value is -1.30. The van der Waals surface area contributed by atoms with Crippen LogP contribution in [0.1, 0.15) is 39.0 Å². The van der Waals surface area contributed by atoms with E-state index in [2.05, 4.69) is 5.32 Å². The van der Waals surface area contributed by atoms with Crippen molar-refractivity contribution in [3.05, 3.63) is 0 Å². The van der Waals surface area contributed by atoms with Crippen molar-refractivity contribution in [3.8, 4) is 0 Å². The number of carbonyl (C=O) groups excluding carboxylic acids is 1. The van der Waals surface area contributed by atoms with Gasteiger partial charge in [0, 0.05) is 12.6 Å². The molecule has 0 aromatic rings. The quantitative estimate of drug-likeness (QED) is 0.801. The van der Waals surface area contributed by atoms with E-state index in [1.54, 1.807) is 4.90 Å². The van der Waals surface area contributed by atoms with E-state index in [0.717, 1.165) is 32.1 Å². The lowest BCUT2D eigenvalue weighted by Gasteiger charge is -2.31. The molecule has 0 aromatic heterocycles. The van der Waals surface area contributed by atoms with Crippen LogP contribution in [0.25, 0.3) is 0 Å². The van der Waals surface area contributed by atoms with Gasteiger partial charge in [0.25, 0.3) is 0 Å². The van der Waals surface area contributed by atoms with Crippen LogP contribution in [0.5, 0.6) is 0 Å². The standard InChI is InChI=1S/C14H24N2O4/c1-2-7-16(12-9-20-8-11(12)13(17)18)14(19)15-10-5-3-4-6-10/h10-12H,2-9H2,1H3,(H,15,19)(H,17,18). The summed E-state index contributed by atoms with van der Waals surface area (Å²) >= 11 is 0. The number of carboxylic acids is 1. The van der Waals surface area contributed by atoms with Gasteiger partial charge in [-0.05, 0) is 19.3 Å². The second kappa shape index (κ2) is 6.92. The first-order chi connectivity index (χ1) is 9.63. The molecule has 114 valence electrons. The maximum Gasteiger partial charge on any atom is 0.317 e. The van der Waals surface area contributed by atoms with Gasteiger partial charge in [-0.2, -0.15) is 0 Å². The summed E-state index contributed by atoms with van der Waals surface area (Å²) in [4.78, 5) is 25.3. The molecule has 6 heteroatoms. The first kappa shape index (κ1) is 15.1. The van der Waals surface area contributed by atoms with Crippen LogP contribution in [-0.4, -0.2) is 53.8 Å². The summed E-state index contributed by atoms with van der Waals surface area (Å²) in [5, 5.41) is 12.3. The van der Waals surface area contributed by atoms with Gasteiger partial charge in [0.2, 0.25) is 0 Å². The summed E-state index contributed by atoms with van der Waals surface area (Å²) in [5.74, 6) is -1.50. The molecule has 0 spiro atoms. The number of carbonyl (C=O) groups is 2. The van der Waals surface area contributed by atoms with Gasteiger partial charge in [-0.25, -0.2) is 4.79 Å². The van der Waals surface area contributed by atoms with E-state index in [9.17, 15) is 14.7 Å². The minimum Gasteiger partial charge on any atom is -0.481 e. The molecular formula is C14H24N2O4. The molecule has 20 heavy (non-hydrogen) atoms. The summed E-state index contributed by atoms with van der Waals surface area (Å²) in [6, 6.07) is -0.248. The minimum absolute atomic E-state index is 0.138. The van der Waals surface area contributed by atoms with Gasteiger partial charge in [0.1, 0.15) is 5.92 Å². The van der Waals surface area contributed by atoms with E-state index in [1.807, 2.05) is 6.92 Å². The Labute approximate surface area is 119 Å². The second-order valence-electron chi connectivity index (χ2n) is 5.67. The normalized spacial score (nSPS) is 26.6. The van der Waals surface area contributed by atoms with Crippen LogP contribution in [0.3, 0.4) is 0 Å². The van der Waals surface area contributed by atoms with Crippen LogP contribution >= 0.6 is 0 Å². The van der Waals surface area contributed by atoms with Gasteiger partial charge in [-0.15, -0.1) is 0 Å². The second-order valence-corrected chi connectivity index (χ2v) is 5.67. The Morgan fingerprint density at radius 2 is 2.00 bits per heavy atom. The van der Waals surface area contributed by atoms with Crippen molar-refractivity contribution < 1.29 is 19.4 Å². The largest absolute Gasteiger partial charge is 0.481 e. The molecule has 0 radical (unpaired) electrons. The topological polar surface area (TPSA) is 78.9 Å². The van der Waals surface area contributed by atoms with Crippen LogP contribution in [0.15, 0.2) is 0 Å². The number of urea groups is 1. The van der Waals surface area contributed by atoms with E-state index < -0.39 is 11.9 Å². The van der Waals surface area contributed by atoms with Crippen LogP contribution in [-0.2, 0) is 9.53 Å². The van der Waals surface area contributed by atoms with Crippen molar-refractivity contribution in [2.45, 2.75) is 51.1 Å². The first-order valence-electron chi connectivity index (χ1n) is 7.51. The van der Waals surface area contributed by atoms with E-state index >= 15 is 0 Å². The lowest BCUT2D eigenvalue weighted by molar-refractivity contribution is -0.142. The number of hydrogen-bond donors (Lipinski definition) is 2. The minimum atomic E-state index is -0.887. The van der Waals surface area contributed by atoms with Crippen molar-refractivity contribution in [1.29, 1.82) is 0 Å². The highest BCUT2D eigenvalue weighted by Gasteiger charge is 2.40. The number of amides is 2. The number of hydrogen-bond acceptors (Lipinski definition) is 3. The monoisotopic (exact) mass is 284 g/mol. The molecule has 2 fully saturated rings. The molecule has 2 unspecified atom stereocenters. The number of aliphatic carboxylic acids is 1. The molecule has 1 aliphatic carbocycles. The molecule has 0 bridgehead atoms. The zero-order valence-electron chi connectivity index (χ0n) is 12.0. The van der Waals surface area contributed by atoms with E-state index in [0.29, 0.717) is 13.2 Å². The molecule has 2 aliphatic rings.